The third-order valence-corrected chi connectivity index (χ3v) is 3.37. The molecule has 1 aliphatic rings. The van der Waals surface area contributed by atoms with Gasteiger partial charge in [0.2, 0.25) is 5.88 Å². The minimum atomic E-state index is 0.586. The van der Waals surface area contributed by atoms with Gasteiger partial charge in [-0.15, -0.1) is 0 Å². The fourth-order valence-electron chi connectivity index (χ4n) is 2.37. The molecule has 1 N–H and O–H groups in total. The summed E-state index contributed by atoms with van der Waals surface area (Å²) in [5, 5.41) is 3.36. The van der Waals surface area contributed by atoms with E-state index in [0.29, 0.717) is 11.8 Å². The lowest BCUT2D eigenvalue weighted by Crippen LogP contribution is -2.12. The summed E-state index contributed by atoms with van der Waals surface area (Å²) in [6, 6.07) is 5.54. The maximum Gasteiger partial charge on any atom is 0.217 e. The molecule has 0 amide bonds. The third-order valence-electron chi connectivity index (χ3n) is 3.37. The second kappa shape index (κ2) is 5.40. The predicted molar refractivity (Wildman–Crippen MR) is 71.0 cm³/mol. The molecule has 2 aromatic rings. The van der Waals surface area contributed by atoms with E-state index in [1.165, 1.54) is 6.42 Å². The van der Waals surface area contributed by atoms with E-state index in [-0.39, 0.29) is 0 Å². The van der Waals surface area contributed by atoms with Crippen LogP contribution in [0.2, 0.25) is 0 Å². The van der Waals surface area contributed by atoms with Crippen molar-refractivity contribution in [1.82, 2.24) is 15.3 Å². The van der Waals surface area contributed by atoms with Gasteiger partial charge in [-0.3, -0.25) is 0 Å². The molecule has 5 nitrogen and oxygen atoms in total. The molecule has 0 bridgehead atoms. The summed E-state index contributed by atoms with van der Waals surface area (Å²) >= 11 is 0. The number of rotatable bonds is 4. The molecule has 19 heavy (non-hydrogen) atoms. The van der Waals surface area contributed by atoms with Crippen LogP contribution in [0.15, 0.2) is 28.9 Å². The number of methoxy groups -OCH3 is 1. The van der Waals surface area contributed by atoms with Crippen LogP contribution < -0.4 is 10.1 Å². The second-order valence-corrected chi connectivity index (χ2v) is 4.75. The van der Waals surface area contributed by atoms with E-state index in [2.05, 4.69) is 15.3 Å². The molecule has 0 aromatic carbocycles. The number of aromatic nitrogens is 2. The van der Waals surface area contributed by atoms with E-state index >= 15 is 0 Å². The lowest BCUT2D eigenvalue weighted by atomic mass is 10.0. The van der Waals surface area contributed by atoms with Gasteiger partial charge in [0.25, 0.3) is 0 Å². The van der Waals surface area contributed by atoms with Gasteiger partial charge in [0, 0.05) is 12.5 Å². The first-order chi connectivity index (χ1) is 9.35. The third kappa shape index (κ3) is 2.76. The molecule has 1 aliphatic heterocycles. The summed E-state index contributed by atoms with van der Waals surface area (Å²) < 4.78 is 10.6. The highest BCUT2D eigenvalue weighted by Crippen LogP contribution is 2.23. The molecule has 2 aromatic heterocycles. The van der Waals surface area contributed by atoms with Gasteiger partial charge >= 0.3 is 0 Å². The summed E-state index contributed by atoms with van der Waals surface area (Å²) in [4.78, 5) is 9.00. The van der Waals surface area contributed by atoms with Crippen LogP contribution in [0.1, 0.15) is 12.2 Å². The highest BCUT2D eigenvalue weighted by Gasteiger charge is 2.18. The van der Waals surface area contributed by atoms with Gasteiger partial charge in [0.1, 0.15) is 11.5 Å². The minimum Gasteiger partial charge on any atom is -0.481 e. The molecule has 0 radical (unpaired) electrons. The SMILES string of the molecule is COc1cc(-c2ccco2)nc(CC2CCNC2)n1. The zero-order valence-corrected chi connectivity index (χ0v) is 10.9. The van der Waals surface area contributed by atoms with Crippen molar-refractivity contribution in [3.8, 4) is 17.3 Å². The maximum atomic E-state index is 5.39. The highest BCUT2D eigenvalue weighted by atomic mass is 16.5. The fourth-order valence-corrected chi connectivity index (χ4v) is 2.37. The molecule has 0 spiro atoms. The predicted octanol–water partition coefficient (Wildman–Crippen LogP) is 1.90. The summed E-state index contributed by atoms with van der Waals surface area (Å²) in [6.45, 7) is 2.12. The lowest BCUT2D eigenvalue weighted by molar-refractivity contribution is 0.393. The molecule has 3 rings (SSSR count). The number of ether oxygens (including phenoxy) is 1. The lowest BCUT2D eigenvalue weighted by Gasteiger charge is -2.09. The molecule has 1 fully saturated rings. The quantitative estimate of drug-likeness (QED) is 0.908. The van der Waals surface area contributed by atoms with E-state index < -0.39 is 0 Å². The van der Waals surface area contributed by atoms with E-state index in [9.17, 15) is 0 Å². The molecule has 0 aliphatic carbocycles. The van der Waals surface area contributed by atoms with Crippen molar-refractivity contribution in [2.45, 2.75) is 12.8 Å². The van der Waals surface area contributed by atoms with Crippen LogP contribution in [-0.4, -0.2) is 30.2 Å². The monoisotopic (exact) mass is 259 g/mol. The Balaban J connectivity index is 1.88. The van der Waals surface area contributed by atoms with Crippen molar-refractivity contribution in [3.05, 3.63) is 30.3 Å². The number of nitrogens with one attached hydrogen (secondary N) is 1. The molecule has 3 heterocycles. The topological polar surface area (TPSA) is 60.2 Å². The van der Waals surface area contributed by atoms with Gasteiger partial charge in [-0.2, -0.15) is 4.98 Å². The van der Waals surface area contributed by atoms with Crippen LogP contribution in [0, 0.1) is 5.92 Å². The average molecular weight is 259 g/mol. The second-order valence-electron chi connectivity index (χ2n) is 4.75. The average Bonchev–Trinajstić information content (AvgIpc) is 3.11. The van der Waals surface area contributed by atoms with E-state index in [0.717, 1.165) is 36.8 Å². The van der Waals surface area contributed by atoms with Crippen LogP contribution in [0.25, 0.3) is 11.5 Å². The Bertz CT molecular complexity index is 534. The van der Waals surface area contributed by atoms with Crippen LogP contribution in [0.4, 0.5) is 0 Å². The summed E-state index contributed by atoms with van der Waals surface area (Å²) in [6.07, 6.45) is 3.69. The Kier molecular flexibility index (Phi) is 3.46. The van der Waals surface area contributed by atoms with Gasteiger partial charge in [0.05, 0.1) is 13.4 Å². The molecular formula is C14H17N3O2. The normalized spacial score (nSPS) is 18.7. The summed E-state index contributed by atoms with van der Waals surface area (Å²) in [5.41, 5.74) is 0.776. The first-order valence-electron chi connectivity index (χ1n) is 6.51. The van der Waals surface area contributed by atoms with Crippen molar-refractivity contribution in [1.29, 1.82) is 0 Å². The van der Waals surface area contributed by atoms with Gasteiger partial charge in [-0.25, -0.2) is 4.98 Å². The van der Waals surface area contributed by atoms with Crippen molar-refractivity contribution in [3.63, 3.8) is 0 Å². The minimum absolute atomic E-state index is 0.586. The Morgan fingerprint density at radius 1 is 1.47 bits per heavy atom. The molecule has 1 atom stereocenters. The number of nitrogens with zero attached hydrogens (tertiary/aromatic N) is 2. The highest BCUT2D eigenvalue weighted by molar-refractivity contribution is 5.53. The van der Waals surface area contributed by atoms with Crippen LogP contribution >= 0.6 is 0 Å². The zero-order chi connectivity index (χ0) is 13.1. The van der Waals surface area contributed by atoms with Crippen LogP contribution in [-0.2, 0) is 6.42 Å². The first-order valence-corrected chi connectivity index (χ1v) is 6.51. The van der Waals surface area contributed by atoms with Crippen molar-refractivity contribution >= 4 is 0 Å². The molecule has 100 valence electrons. The van der Waals surface area contributed by atoms with E-state index in [4.69, 9.17) is 9.15 Å². The first kappa shape index (κ1) is 12.2. The molecule has 0 saturated carbocycles. The Morgan fingerprint density at radius 2 is 2.42 bits per heavy atom. The van der Waals surface area contributed by atoms with Crippen LogP contribution in [0.3, 0.4) is 0 Å². The van der Waals surface area contributed by atoms with Crippen molar-refractivity contribution < 1.29 is 9.15 Å². The molecule has 5 heteroatoms. The number of hydrogen-bond acceptors (Lipinski definition) is 5. The van der Waals surface area contributed by atoms with E-state index in [1.54, 1.807) is 19.4 Å². The summed E-state index contributed by atoms with van der Waals surface area (Å²) in [5.74, 6) is 2.75. The Hall–Kier alpha value is -1.88. The fraction of sp³-hybridized carbons (Fsp3) is 0.429. The van der Waals surface area contributed by atoms with Gasteiger partial charge in [0.15, 0.2) is 5.76 Å². The van der Waals surface area contributed by atoms with Gasteiger partial charge in [-0.1, -0.05) is 0 Å². The van der Waals surface area contributed by atoms with E-state index in [1.807, 2.05) is 12.1 Å². The van der Waals surface area contributed by atoms with Crippen LogP contribution in [0.5, 0.6) is 5.88 Å². The van der Waals surface area contributed by atoms with Crippen molar-refractivity contribution in [2.24, 2.45) is 5.92 Å². The standard InChI is InChI=1S/C14H17N3O2/c1-18-14-8-11(12-3-2-6-19-12)16-13(17-14)7-10-4-5-15-9-10/h2-3,6,8,10,15H,4-5,7,9H2,1H3. The smallest absolute Gasteiger partial charge is 0.217 e. The molecule has 1 saturated heterocycles. The molecular weight excluding hydrogens is 242 g/mol. The maximum absolute atomic E-state index is 5.39. The van der Waals surface area contributed by atoms with Gasteiger partial charge in [-0.05, 0) is 37.6 Å². The number of hydrogen-bond donors (Lipinski definition) is 1. The Labute approximate surface area is 112 Å². The van der Waals surface area contributed by atoms with Crippen molar-refractivity contribution in [2.75, 3.05) is 20.2 Å². The summed E-state index contributed by atoms with van der Waals surface area (Å²) in [7, 11) is 1.62. The largest absolute Gasteiger partial charge is 0.481 e. The van der Waals surface area contributed by atoms with Gasteiger partial charge < -0.3 is 14.5 Å². The number of furan rings is 1. The molecule has 1 unspecified atom stereocenters. The Morgan fingerprint density at radius 3 is 3.11 bits per heavy atom. The zero-order valence-electron chi connectivity index (χ0n) is 10.9.